The molecule has 0 unspecified atom stereocenters. The van der Waals surface area contributed by atoms with E-state index >= 15 is 0 Å². The van der Waals surface area contributed by atoms with Crippen molar-refractivity contribution in [3.05, 3.63) is 64.7 Å². The van der Waals surface area contributed by atoms with E-state index in [9.17, 15) is 4.79 Å². The largest absolute Gasteiger partial charge is 0.332 e. The molecule has 0 saturated heterocycles. The molecule has 0 fully saturated rings. The van der Waals surface area contributed by atoms with Gasteiger partial charge in [-0.25, -0.2) is 0 Å². The second kappa shape index (κ2) is 7.18. The second-order valence-corrected chi connectivity index (χ2v) is 5.69. The molecule has 0 aliphatic heterocycles. The van der Waals surface area contributed by atoms with E-state index in [1.54, 1.807) is 0 Å². The van der Waals surface area contributed by atoms with Crippen molar-refractivity contribution >= 4 is 28.9 Å². The number of nitrogens with one attached hydrogen (secondary N) is 2. The maximum absolute atomic E-state index is 12.2. The first-order valence-electron chi connectivity index (χ1n) is 7.28. The van der Waals surface area contributed by atoms with E-state index in [0.29, 0.717) is 10.7 Å². The van der Waals surface area contributed by atoms with Gasteiger partial charge in [-0.1, -0.05) is 36.8 Å². The summed E-state index contributed by atoms with van der Waals surface area (Å²) in [5.74, 6) is -0.194. The fourth-order valence-electron chi connectivity index (χ4n) is 2.22. The minimum absolute atomic E-state index is 0.194. The summed E-state index contributed by atoms with van der Waals surface area (Å²) in [5, 5.41) is 6.04. The smallest absolute Gasteiger partial charge is 0.257 e. The number of aryl methyl sites for hydroxylation is 3. The zero-order valence-corrected chi connectivity index (χ0v) is 13.9. The Kier molecular flexibility index (Phi) is 5.28. The highest BCUT2D eigenvalue weighted by Gasteiger charge is 2.10. The lowest BCUT2D eigenvalue weighted by molar-refractivity contribution is 0.0977. The number of hydrogen-bond acceptors (Lipinski definition) is 2. The molecule has 3 nitrogen and oxygen atoms in total. The van der Waals surface area contributed by atoms with Crippen molar-refractivity contribution in [2.45, 2.75) is 27.2 Å². The summed E-state index contributed by atoms with van der Waals surface area (Å²) < 4.78 is 0. The Bertz CT molecular complexity index is 693. The fourth-order valence-corrected chi connectivity index (χ4v) is 2.44. The summed E-state index contributed by atoms with van der Waals surface area (Å²) in [5.41, 5.74) is 4.83. The van der Waals surface area contributed by atoms with Crippen molar-refractivity contribution in [2.75, 3.05) is 5.32 Å². The van der Waals surface area contributed by atoms with Crippen LogP contribution in [0.15, 0.2) is 42.5 Å². The molecule has 22 heavy (non-hydrogen) atoms. The molecule has 0 aliphatic rings. The number of benzene rings is 2. The van der Waals surface area contributed by atoms with Gasteiger partial charge in [0.25, 0.3) is 5.91 Å². The van der Waals surface area contributed by atoms with E-state index in [-0.39, 0.29) is 5.91 Å². The lowest BCUT2D eigenvalue weighted by Gasteiger charge is -2.11. The fraction of sp³-hybridized carbons (Fsp3) is 0.222. The zero-order valence-electron chi connectivity index (χ0n) is 13.1. The summed E-state index contributed by atoms with van der Waals surface area (Å²) >= 11 is 5.20. The topological polar surface area (TPSA) is 41.1 Å². The van der Waals surface area contributed by atoms with Gasteiger partial charge in [-0.05, 0) is 61.8 Å². The first kappa shape index (κ1) is 16.2. The molecule has 0 spiro atoms. The van der Waals surface area contributed by atoms with Crippen LogP contribution in [-0.2, 0) is 6.42 Å². The van der Waals surface area contributed by atoms with E-state index < -0.39 is 0 Å². The van der Waals surface area contributed by atoms with Gasteiger partial charge >= 0.3 is 0 Å². The van der Waals surface area contributed by atoms with Gasteiger partial charge in [0, 0.05) is 11.3 Å². The summed E-state index contributed by atoms with van der Waals surface area (Å²) in [7, 11) is 0. The van der Waals surface area contributed by atoms with E-state index in [1.807, 2.05) is 56.3 Å². The van der Waals surface area contributed by atoms with E-state index in [0.717, 1.165) is 23.2 Å². The Labute approximate surface area is 136 Å². The summed E-state index contributed by atoms with van der Waals surface area (Å²) in [6.45, 7) is 6.03. The number of carbonyl (C=O) groups excluding carboxylic acids is 1. The number of thiocarbonyl (C=S) groups is 1. The van der Waals surface area contributed by atoms with Gasteiger partial charge in [-0.15, -0.1) is 0 Å². The maximum Gasteiger partial charge on any atom is 0.257 e. The molecular weight excluding hydrogens is 292 g/mol. The van der Waals surface area contributed by atoms with Crippen molar-refractivity contribution in [1.82, 2.24) is 5.32 Å². The van der Waals surface area contributed by atoms with E-state index in [4.69, 9.17) is 12.2 Å². The Balaban J connectivity index is 2.00. The van der Waals surface area contributed by atoms with Crippen LogP contribution >= 0.6 is 12.2 Å². The van der Waals surface area contributed by atoms with Gasteiger partial charge in [0.15, 0.2) is 5.11 Å². The minimum Gasteiger partial charge on any atom is -0.332 e. The molecule has 2 rings (SSSR count). The third-order valence-corrected chi connectivity index (χ3v) is 3.68. The molecule has 0 atom stereocenters. The molecule has 0 aliphatic carbocycles. The van der Waals surface area contributed by atoms with Crippen LogP contribution < -0.4 is 10.6 Å². The monoisotopic (exact) mass is 312 g/mol. The van der Waals surface area contributed by atoms with Crippen molar-refractivity contribution in [1.29, 1.82) is 0 Å². The number of hydrogen-bond donors (Lipinski definition) is 2. The van der Waals surface area contributed by atoms with Gasteiger partial charge in [-0.2, -0.15) is 0 Å². The third kappa shape index (κ3) is 4.15. The Morgan fingerprint density at radius 3 is 2.36 bits per heavy atom. The van der Waals surface area contributed by atoms with Gasteiger partial charge < -0.3 is 5.32 Å². The number of carbonyl (C=O) groups is 1. The highest BCUT2D eigenvalue weighted by Crippen LogP contribution is 2.12. The third-order valence-electron chi connectivity index (χ3n) is 3.47. The predicted molar refractivity (Wildman–Crippen MR) is 95.4 cm³/mol. The van der Waals surface area contributed by atoms with Gasteiger partial charge in [-0.3, -0.25) is 10.1 Å². The van der Waals surface area contributed by atoms with Crippen molar-refractivity contribution < 1.29 is 4.79 Å². The van der Waals surface area contributed by atoms with Crippen LogP contribution in [0.5, 0.6) is 0 Å². The van der Waals surface area contributed by atoms with Gasteiger partial charge in [0.05, 0.1) is 0 Å². The number of anilines is 1. The predicted octanol–water partition coefficient (Wildman–Crippen LogP) is 3.99. The SMILES string of the molecule is CCc1ccc(NC(=S)NC(=O)c2ccc(C)cc2C)cc1. The van der Waals surface area contributed by atoms with Crippen molar-refractivity contribution in [3.8, 4) is 0 Å². The molecule has 0 heterocycles. The first-order chi connectivity index (χ1) is 10.5. The summed E-state index contributed by atoms with van der Waals surface area (Å²) in [6.07, 6.45) is 0.994. The van der Waals surface area contributed by atoms with Crippen LogP contribution in [0.1, 0.15) is 34.0 Å². The molecule has 0 saturated carbocycles. The summed E-state index contributed by atoms with van der Waals surface area (Å²) in [6, 6.07) is 13.7. The lowest BCUT2D eigenvalue weighted by Crippen LogP contribution is -2.34. The Morgan fingerprint density at radius 1 is 1.09 bits per heavy atom. The standard InChI is InChI=1S/C18H20N2OS/c1-4-14-6-8-15(9-7-14)19-18(22)20-17(21)16-10-5-12(2)11-13(16)3/h5-11H,4H2,1-3H3,(H2,19,20,21,22). The molecule has 2 N–H and O–H groups in total. The molecular formula is C18H20N2OS. The molecule has 114 valence electrons. The van der Waals surface area contributed by atoms with E-state index in [1.165, 1.54) is 5.56 Å². The van der Waals surface area contributed by atoms with Crippen LogP contribution in [-0.4, -0.2) is 11.0 Å². The lowest BCUT2D eigenvalue weighted by atomic mass is 10.1. The molecule has 4 heteroatoms. The molecule has 0 aromatic heterocycles. The minimum atomic E-state index is -0.194. The highest BCUT2D eigenvalue weighted by molar-refractivity contribution is 7.80. The average Bonchev–Trinajstić information content (AvgIpc) is 2.47. The summed E-state index contributed by atoms with van der Waals surface area (Å²) in [4.78, 5) is 12.2. The molecule has 0 radical (unpaired) electrons. The number of amides is 1. The maximum atomic E-state index is 12.2. The van der Waals surface area contributed by atoms with Crippen LogP contribution in [0.25, 0.3) is 0 Å². The van der Waals surface area contributed by atoms with Gasteiger partial charge in [0.1, 0.15) is 0 Å². The second-order valence-electron chi connectivity index (χ2n) is 5.28. The van der Waals surface area contributed by atoms with Crippen LogP contribution in [0.2, 0.25) is 0 Å². The Hall–Kier alpha value is -2.20. The molecule has 2 aromatic rings. The van der Waals surface area contributed by atoms with E-state index in [2.05, 4.69) is 17.6 Å². The van der Waals surface area contributed by atoms with Crippen molar-refractivity contribution in [3.63, 3.8) is 0 Å². The van der Waals surface area contributed by atoms with Gasteiger partial charge in [0.2, 0.25) is 0 Å². The molecule has 1 amide bonds. The highest BCUT2D eigenvalue weighted by atomic mass is 32.1. The first-order valence-corrected chi connectivity index (χ1v) is 7.69. The van der Waals surface area contributed by atoms with Crippen LogP contribution in [0.3, 0.4) is 0 Å². The zero-order chi connectivity index (χ0) is 16.1. The van der Waals surface area contributed by atoms with Crippen LogP contribution in [0.4, 0.5) is 5.69 Å². The molecule has 0 bridgehead atoms. The number of rotatable bonds is 3. The Morgan fingerprint density at radius 2 is 1.77 bits per heavy atom. The van der Waals surface area contributed by atoms with Crippen LogP contribution in [0, 0.1) is 13.8 Å². The van der Waals surface area contributed by atoms with Crippen molar-refractivity contribution in [2.24, 2.45) is 0 Å². The average molecular weight is 312 g/mol. The normalized spacial score (nSPS) is 10.1. The molecule has 2 aromatic carbocycles. The quantitative estimate of drug-likeness (QED) is 0.842.